The first kappa shape index (κ1) is 12.6. The second-order valence-corrected chi connectivity index (χ2v) is 3.52. The maximum atomic E-state index is 10.7. The zero-order valence-electron chi connectivity index (χ0n) is 8.82. The van der Waals surface area contributed by atoms with Gasteiger partial charge in [0.15, 0.2) is 0 Å². The summed E-state index contributed by atoms with van der Waals surface area (Å²) in [6.45, 7) is 1.38. The molecule has 0 bridgehead atoms. The first-order valence-corrected chi connectivity index (χ1v) is 4.80. The fraction of sp³-hybridized carbons (Fsp3) is 0.556. The average molecular weight is 229 g/mol. The number of carboxylic acids is 1. The second kappa shape index (κ2) is 5.06. The molecule has 0 amide bonds. The summed E-state index contributed by atoms with van der Waals surface area (Å²) in [7, 11) is 0. The number of hydrogen-bond donors (Lipinski definition) is 4. The van der Waals surface area contributed by atoms with Crippen molar-refractivity contribution < 1.29 is 20.1 Å². The van der Waals surface area contributed by atoms with E-state index in [0.29, 0.717) is 5.56 Å². The van der Waals surface area contributed by atoms with E-state index in [2.05, 4.69) is 5.10 Å². The Morgan fingerprint density at radius 1 is 1.62 bits per heavy atom. The molecule has 0 spiro atoms. The Bertz CT molecular complexity index is 365. The van der Waals surface area contributed by atoms with E-state index in [1.54, 1.807) is 0 Å². The van der Waals surface area contributed by atoms with Crippen LogP contribution in [0.25, 0.3) is 0 Å². The van der Waals surface area contributed by atoms with Gasteiger partial charge in [0.05, 0.1) is 12.3 Å². The minimum Gasteiger partial charge on any atom is -0.480 e. The Labute approximate surface area is 92.1 Å². The maximum Gasteiger partial charge on any atom is 0.328 e. The third-order valence-corrected chi connectivity index (χ3v) is 2.32. The van der Waals surface area contributed by atoms with Gasteiger partial charge in [0.25, 0.3) is 0 Å². The van der Waals surface area contributed by atoms with Crippen molar-refractivity contribution >= 4 is 5.97 Å². The first-order valence-electron chi connectivity index (χ1n) is 4.80. The Hall–Kier alpha value is -1.44. The second-order valence-electron chi connectivity index (χ2n) is 3.52. The summed E-state index contributed by atoms with van der Waals surface area (Å²) >= 11 is 0. The highest BCUT2D eigenvalue weighted by molar-refractivity contribution is 5.71. The summed E-state index contributed by atoms with van der Waals surface area (Å²) in [6.07, 6.45) is 0.447. The molecule has 0 aliphatic carbocycles. The van der Waals surface area contributed by atoms with E-state index in [9.17, 15) is 15.0 Å². The SMILES string of the molecule is C[C@@H](C(=O)O)n1cc(C(O)C(O)CN)cn1. The van der Waals surface area contributed by atoms with E-state index >= 15 is 0 Å². The minimum absolute atomic E-state index is 0.0825. The van der Waals surface area contributed by atoms with Crippen LogP contribution in [0, 0.1) is 0 Å². The van der Waals surface area contributed by atoms with Crippen molar-refractivity contribution in [2.24, 2.45) is 5.73 Å². The van der Waals surface area contributed by atoms with Gasteiger partial charge in [-0.15, -0.1) is 0 Å². The summed E-state index contributed by atoms with van der Waals surface area (Å²) in [5.74, 6) is -1.02. The molecule has 7 heteroatoms. The zero-order chi connectivity index (χ0) is 12.3. The van der Waals surface area contributed by atoms with E-state index < -0.39 is 24.2 Å². The highest BCUT2D eigenvalue weighted by Gasteiger charge is 2.21. The van der Waals surface area contributed by atoms with Gasteiger partial charge >= 0.3 is 5.97 Å². The minimum atomic E-state index is -1.15. The topological polar surface area (TPSA) is 122 Å². The summed E-state index contributed by atoms with van der Waals surface area (Å²) < 4.78 is 1.20. The number of hydrogen-bond acceptors (Lipinski definition) is 5. The molecule has 0 aliphatic rings. The number of aliphatic carboxylic acids is 1. The van der Waals surface area contributed by atoms with Gasteiger partial charge in [-0.25, -0.2) is 4.79 Å². The molecule has 16 heavy (non-hydrogen) atoms. The average Bonchev–Trinajstić information content (AvgIpc) is 2.74. The third-order valence-electron chi connectivity index (χ3n) is 2.32. The van der Waals surface area contributed by atoms with Crippen LogP contribution in [0.1, 0.15) is 24.6 Å². The number of nitrogens with zero attached hydrogens (tertiary/aromatic N) is 2. The molecule has 1 heterocycles. The molecular formula is C9H15N3O4. The van der Waals surface area contributed by atoms with Crippen LogP contribution in [0.2, 0.25) is 0 Å². The van der Waals surface area contributed by atoms with Crippen molar-refractivity contribution in [1.29, 1.82) is 0 Å². The predicted octanol–water partition coefficient (Wildman–Crippen LogP) is -1.12. The smallest absolute Gasteiger partial charge is 0.328 e. The molecule has 0 aliphatic heterocycles. The monoisotopic (exact) mass is 229 g/mol. The molecule has 2 unspecified atom stereocenters. The first-order chi connectivity index (χ1) is 7.47. The molecule has 1 aromatic heterocycles. The highest BCUT2D eigenvalue weighted by Crippen LogP contribution is 2.17. The molecule has 3 atom stereocenters. The summed E-state index contributed by atoms with van der Waals surface area (Å²) in [4.78, 5) is 10.7. The number of carboxylic acid groups (broad SMARTS) is 1. The van der Waals surface area contributed by atoms with Crippen LogP contribution in [0.3, 0.4) is 0 Å². The van der Waals surface area contributed by atoms with Crippen LogP contribution >= 0.6 is 0 Å². The number of aliphatic hydroxyl groups is 2. The molecule has 0 saturated carbocycles. The van der Waals surface area contributed by atoms with Gasteiger partial charge in [0, 0.05) is 18.3 Å². The fourth-order valence-electron chi connectivity index (χ4n) is 1.18. The van der Waals surface area contributed by atoms with Crippen LogP contribution < -0.4 is 5.73 Å². The van der Waals surface area contributed by atoms with Crippen molar-refractivity contribution in [3.05, 3.63) is 18.0 Å². The molecule has 90 valence electrons. The van der Waals surface area contributed by atoms with Gasteiger partial charge in [-0.05, 0) is 6.92 Å². The van der Waals surface area contributed by atoms with Crippen LogP contribution in [-0.4, -0.2) is 43.7 Å². The van der Waals surface area contributed by atoms with Gasteiger partial charge < -0.3 is 21.1 Å². The van der Waals surface area contributed by atoms with Crippen molar-refractivity contribution in [2.45, 2.75) is 25.2 Å². The Balaban J connectivity index is 2.82. The fourth-order valence-corrected chi connectivity index (χ4v) is 1.18. The van der Waals surface area contributed by atoms with E-state index in [0.717, 1.165) is 0 Å². The maximum absolute atomic E-state index is 10.7. The lowest BCUT2D eigenvalue weighted by molar-refractivity contribution is -0.140. The number of aromatic nitrogens is 2. The lowest BCUT2D eigenvalue weighted by Crippen LogP contribution is -2.27. The zero-order valence-corrected chi connectivity index (χ0v) is 8.82. The van der Waals surface area contributed by atoms with Crippen LogP contribution in [-0.2, 0) is 4.79 Å². The quantitative estimate of drug-likeness (QED) is 0.507. The van der Waals surface area contributed by atoms with E-state index in [4.69, 9.17) is 10.8 Å². The molecule has 0 fully saturated rings. The lowest BCUT2D eigenvalue weighted by Gasteiger charge is -2.13. The van der Waals surface area contributed by atoms with Gasteiger partial charge in [0.1, 0.15) is 12.1 Å². The molecule has 1 rings (SSSR count). The normalized spacial score (nSPS) is 16.8. The number of carbonyl (C=O) groups is 1. The van der Waals surface area contributed by atoms with Crippen LogP contribution in [0.4, 0.5) is 0 Å². The number of aliphatic hydroxyl groups excluding tert-OH is 2. The van der Waals surface area contributed by atoms with Crippen molar-refractivity contribution in [2.75, 3.05) is 6.54 Å². The third kappa shape index (κ3) is 2.57. The molecule has 5 N–H and O–H groups in total. The Morgan fingerprint density at radius 3 is 2.75 bits per heavy atom. The highest BCUT2D eigenvalue weighted by atomic mass is 16.4. The Kier molecular flexibility index (Phi) is 3.99. The van der Waals surface area contributed by atoms with Crippen molar-refractivity contribution in [1.82, 2.24) is 9.78 Å². The van der Waals surface area contributed by atoms with Gasteiger partial charge in [0.2, 0.25) is 0 Å². The molecule has 0 saturated heterocycles. The molecule has 0 radical (unpaired) electrons. The van der Waals surface area contributed by atoms with Crippen molar-refractivity contribution in [3.8, 4) is 0 Å². The predicted molar refractivity (Wildman–Crippen MR) is 54.6 cm³/mol. The van der Waals surface area contributed by atoms with Crippen LogP contribution in [0.15, 0.2) is 12.4 Å². The van der Waals surface area contributed by atoms with Crippen LogP contribution in [0.5, 0.6) is 0 Å². The van der Waals surface area contributed by atoms with Gasteiger partial charge in [-0.3, -0.25) is 4.68 Å². The van der Waals surface area contributed by atoms with E-state index in [1.165, 1.54) is 24.0 Å². The summed E-state index contributed by atoms with van der Waals surface area (Å²) in [6, 6.07) is -0.823. The number of rotatable bonds is 5. The summed E-state index contributed by atoms with van der Waals surface area (Å²) in [5.41, 5.74) is 5.53. The summed E-state index contributed by atoms with van der Waals surface area (Å²) in [5, 5.41) is 31.4. The largest absolute Gasteiger partial charge is 0.480 e. The van der Waals surface area contributed by atoms with Gasteiger partial charge in [-0.1, -0.05) is 0 Å². The molecular weight excluding hydrogens is 214 g/mol. The lowest BCUT2D eigenvalue weighted by atomic mass is 10.1. The Morgan fingerprint density at radius 2 is 2.25 bits per heavy atom. The number of nitrogens with two attached hydrogens (primary N) is 1. The van der Waals surface area contributed by atoms with E-state index in [1.807, 2.05) is 0 Å². The van der Waals surface area contributed by atoms with Crippen molar-refractivity contribution in [3.63, 3.8) is 0 Å². The molecule has 7 nitrogen and oxygen atoms in total. The van der Waals surface area contributed by atoms with Gasteiger partial charge in [-0.2, -0.15) is 5.10 Å². The molecule has 1 aromatic rings. The van der Waals surface area contributed by atoms with E-state index in [-0.39, 0.29) is 6.54 Å². The molecule has 0 aromatic carbocycles. The standard InChI is InChI=1S/C9H15N3O4/c1-5(9(15)16)12-4-6(3-11-12)8(14)7(13)2-10/h3-5,7-8,13-14H,2,10H2,1H3,(H,15,16)/t5-,7?,8?/m0/s1.